The fourth-order valence-corrected chi connectivity index (χ4v) is 1.28. The molecule has 1 heterocycles. The van der Waals surface area contributed by atoms with E-state index in [2.05, 4.69) is 14.9 Å². The minimum absolute atomic E-state index is 0.0912. The fourth-order valence-electron chi connectivity index (χ4n) is 1.28. The predicted octanol–water partition coefficient (Wildman–Crippen LogP) is 0.964. The lowest BCUT2D eigenvalue weighted by Crippen LogP contribution is -1.99. The molecule has 1 fully saturated rings. The van der Waals surface area contributed by atoms with Crippen LogP contribution in [0.1, 0.15) is 36.6 Å². The number of aliphatic carboxylic acids is 1. The number of aromatic nitrogens is 2. The van der Waals surface area contributed by atoms with Crippen molar-refractivity contribution in [2.45, 2.75) is 31.6 Å². The average molecular weight is 182 g/mol. The second-order valence-corrected chi connectivity index (χ2v) is 3.26. The molecule has 1 aromatic rings. The second kappa shape index (κ2) is 3.16. The normalized spacial score (nSPS) is 16.0. The molecular formula is C8H10N2O3. The first kappa shape index (κ1) is 8.22. The van der Waals surface area contributed by atoms with Gasteiger partial charge in [0, 0.05) is 12.3 Å². The van der Waals surface area contributed by atoms with E-state index in [4.69, 9.17) is 5.11 Å². The van der Waals surface area contributed by atoms with Crippen LogP contribution in [0.2, 0.25) is 0 Å². The Hall–Kier alpha value is -1.39. The molecule has 0 atom stereocenters. The van der Waals surface area contributed by atoms with Crippen LogP contribution in [0.4, 0.5) is 0 Å². The van der Waals surface area contributed by atoms with E-state index >= 15 is 0 Å². The number of carboxylic acid groups (broad SMARTS) is 1. The van der Waals surface area contributed by atoms with Crippen LogP contribution in [0.15, 0.2) is 4.63 Å². The summed E-state index contributed by atoms with van der Waals surface area (Å²) >= 11 is 0. The topological polar surface area (TPSA) is 76.2 Å². The molecule has 13 heavy (non-hydrogen) atoms. The lowest BCUT2D eigenvalue weighted by Gasteiger charge is -1.93. The molecule has 1 saturated carbocycles. The van der Waals surface area contributed by atoms with Crippen LogP contribution in [-0.4, -0.2) is 21.4 Å². The van der Waals surface area contributed by atoms with Crippen LogP contribution in [0.25, 0.3) is 0 Å². The number of hydrogen-bond acceptors (Lipinski definition) is 4. The molecule has 0 aromatic carbocycles. The highest BCUT2D eigenvalue weighted by Gasteiger charge is 2.30. The summed E-state index contributed by atoms with van der Waals surface area (Å²) in [6.45, 7) is 0. The van der Waals surface area contributed by atoms with Gasteiger partial charge in [-0.3, -0.25) is 4.79 Å². The minimum atomic E-state index is -0.815. The maximum absolute atomic E-state index is 10.3. The van der Waals surface area contributed by atoms with Crippen molar-refractivity contribution >= 4 is 5.97 Å². The second-order valence-electron chi connectivity index (χ2n) is 3.26. The van der Waals surface area contributed by atoms with Gasteiger partial charge >= 0.3 is 5.97 Å². The average Bonchev–Trinajstić information content (AvgIpc) is 2.82. The number of aryl methyl sites for hydroxylation is 1. The highest BCUT2D eigenvalue weighted by atomic mass is 16.6. The van der Waals surface area contributed by atoms with Gasteiger partial charge in [0.2, 0.25) is 0 Å². The van der Waals surface area contributed by atoms with Crippen molar-refractivity contribution in [3.8, 4) is 0 Å². The molecule has 0 aliphatic heterocycles. The van der Waals surface area contributed by atoms with Crippen molar-refractivity contribution in [1.29, 1.82) is 0 Å². The number of hydrogen-bond donors (Lipinski definition) is 1. The Kier molecular flexibility index (Phi) is 2.00. The molecule has 0 amide bonds. The van der Waals surface area contributed by atoms with E-state index in [9.17, 15) is 4.79 Å². The molecule has 5 heteroatoms. The summed E-state index contributed by atoms with van der Waals surface area (Å²) in [5.41, 5.74) is 1.58. The van der Waals surface area contributed by atoms with Gasteiger partial charge in [-0.1, -0.05) is 10.3 Å². The summed E-state index contributed by atoms with van der Waals surface area (Å²) in [7, 11) is 0. The molecule has 1 N–H and O–H groups in total. The third-order valence-electron chi connectivity index (χ3n) is 2.13. The molecule has 1 aliphatic carbocycles. The summed E-state index contributed by atoms with van der Waals surface area (Å²) in [6, 6.07) is 0. The monoisotopic (exact) mass is 182 g/mol. The Balaban J connectivity index is 2.02. The van der Waals surface area contributed by atoms with Crippen LogP contribution >= 0.6 is 0 Å². The molecule has 1 aromatic heterocycles. The molecule has 0 spiro atoms. The Morgan fingerprint density at radius 1 is 1.54 bits per heavy atom. The zero-order chi connectivity index (χ0) is 9.26. The number of carbonyl (C=O) groups is 1. The Morgan fingerprint density at radius 2 is 2.31 bits per heavy atom. The van der Waals surface area contributed by atoms with Crippen molar-refractivity contribution < 1.29 is 14.5 Å². The summed E-state index contributed by atoms with van der Waals surface area (Å²) in [5, 5.41) is 16.0. The van der Waals surface area contributed by atoms with Gasteiger partial charge in [0.05, 0.1) is 6.42 Å². The van der Waals surface area contributed by atoms with Crippen molar-refractivity contribution in [2.75, 3.05) is 0 Å². The van der Waals surface area contributed by atoms with Crippen LogP contribution in [-0.2, 0) is 11.2 Å². The molecule has 0 saturated heterocycles. The smallest absolute Gasteiger partial charge is 0.303 e. The van der Waals surface area contributed by atoms with Crippen molar-refractivity contribution in [3.63, 3.8) is 0 Å². The zero-order valence-electron chi connectivity index (χ0n) is 7.06. The van der Waals surface area contributed by atoms with Gasteiger partial charge < -0.3 is 5.11 Å². The third kappa shape index (κ3) is 1.85. The Morgan fingerprint density at radius 3 is 2.92 bits per heavy atom. The zero-order valence-corrected chi connectivity index (χ0v) is 7.06. The quantitative estimate of drug-likeness (QED) is 0.750. The van der Waals surface area contributed by atoms with Gasteiger partial charge in [-0.15, -0.1) is 0 Å². The van der Waals surface area contributed by atoms with E-state index in [1.807, 2.05) is 0 Å². The highest BCUT2D eigenvalue weighted by Crippen LogP contribution is 2.40. The first-order chi connectivity index (χ1) is 6.27. The van der Waals surface area contributed by atoms with Crippen LogP contribution in [0, 0.1) is 0 Å². The lowest BCUT2D eigenvalue weighted by atomic mass is 10.1. The SMILES string of the molecule is O=C(O)CCc1nonc1C1CC1. The van der Waals surface area contributed by atoms with Crippen LogP contribution < -0.4 is 0 Å². The molecular weight excluding hydrogens is 172 g/mol. The van der Waals surface area contributed by atoms with Crippen LogP contribution in [0.3, 0.4) is 0 Å². The number of carboxylic acids is 1. The van der Waals surface area contributed by atoms with E-state index in [1.54, 1.807) is 0 Å². The first-order valence-corrected chi connectivity index (χ1v) is 4.30. The molecule has 1 aliphatic rings. The predicted molar refractivity (Wildman–Crippen MR) is 42.2 cm³/mol. The van der Waals surface area contributed by atoms with Gasteiger partial charge in [0.15, 0.2) is 0 Å². The largest absolute Gasteiger partial charge is 0.481 e. The van der Waals surface area contributed by atoms with Crippen molar-refractivity contribution in [1.82, 2.24) is 10.3 Å². The maximum Gasteiger partial charge on any atom is 0.303 e. The molecule has 70 valence electrons. The molecule has 0 bridgehead atoms. The third-order valence-corrected chi connectivity index (χ3v) is 2.13. The summed E-state index contributed by atoms with van der Waals surface area (Å²) in [4.78, 5) is 10.3. The van der Waals surface area contributed by atoms with E-state index in [-0.39, 0.29) is 6.42 Å². The molecule has 0 unspecified atom stereocenters. The molecule has 5 nitrogen and oxygen atoms in total. The fraction of sp³-hybridized carbons (Fsp3) is 0.625. The maximum atomic E-state index is 10.3. The molecule has 2 rings (SSSR count). The van der Waals surface area contributed by atoms with E-state index < -0.39 is 5.97 Å². The van der Waals surface area contributed by atoms with Crippen molar-refractivity contribution in [3.05, 3.63) is 11.4 Å². The Labute approximate surface area is 74.7 Å². The van der Waals surface area contributed by atoms with Gasteiger partial charge in [-0.2, -0.15) is 0 Å². The van der Waals surface area contributed by atoms with E-state index in [0.29, 0.717) is 18.0 Å². The Bertz CT molecular complexity index is 317. The van der Waals surface area contributed by atoms with E-state index in [0.717, 1.165) is 18.5 Å². The summed E-state index contributed by atoms with van der Waals surface area (Å²) < 4.78 is 4.59. The van der Waals surface area contributed by atoms with E-state index in [1.165, 1.54) is 0 Å². The van der Waals surface area contributed by atoms with Gasteiger partial charge in [0.25, 0.3) is 0 Å². The minimum Gasteiger partial charge on any atom is -0.481 e. The van der Waals surface area contributed by atoms with Crippen molar-refractivity contribution in [2.24, 2.45) is 0 Å². The van der Waals surface area contributed by atoms with Gasteiger partial charge in [-0.25, -0.2) is 4.63 Å². The number of nitrogens with zero attached hydrogens (tertiary/aromatic N) is 2. The lowest BCUT2D eigenvalue weighted by molar-refractivity contribution is -0.136. The molecule has 0 radical (unpaired) electrons. The summed E-state index contributed by atoms with van der Waals surface area (Å²) in [6.07, 6.45) is 2.75. The summed E-state index contributed by atoms with van der Waals surface area (Å²) in [5.74, 6) is -0.347. The van der Waals surface area contributed by atoms with Crippen LogP contribution in [0.5, 0.6) is 0 Å². The standard InChI is InChI=1S/C8H10N2O3/c11-7(12)4-3-6-8(5-1-2-5)10-13-9-6/h5H,1-4H2,(H,11,12). The first-order valence-electron chi connectivity index (χ1n) is 4.30. The van der Waals surface area contributed by atoms with Gasteiger partial charge in [-0.05, 0) is 12.8 Å². The number of rotatable bonds is 4. The highest BCUT2D eigenvalue weighted by molar-refractivity contribution is 5.67. The van der Waals surface area contributed by atoms with Gasteiger partial charge in [0.1, 0.15) is 11.4 Å².